The van der Waals surface area contributed by atoms with E-state index < -0.39 is 66.3 Å². The van der Waals surface area contributed by atoms with Crippen molar-refractivity contribution in [2.24, 2.45) is 10.9 Å². The fraction of sp³-hybridized carbons (Fsp3) is 0.542. The number of hydrogen-bond acceptors (Lipinski definition) is 7. The molecule has 0 fully saturated rings. The standard InChI is InChI=1S/C24H27F5N2O6/c1-13(2)37-22(33)19-15(4)30-14(3)18(20(19)16-8-7-9-17(12-16)31(34)35)21(32)36-11-6-5-10-23(25,26)24(27,28)29/h7-9,12-13,19-20H,5-6,10-11H2,1-4H3. The second-order valence-electron chi connectivity index (χ2n) is 8.84. The molecule has 0 saturated heterocycles. The molecule has 0 saturated carbocycles. The number of alkyl halides is 5. The molecule has 0 N–H and O–H groups in total. The van der Waals surface area contributed by atoms with E-state index in [0.717, 1.165) is 0 Å². The summed E-state index contributed by atoms with van der Waals surface area (Å²) in [6, 6.07) is 5.32. The van der Waals surface area contributed by atoms with E-state index in [1.807, 2.05) is 0 Å². The summed E-state index contributed by atoms with van der Waals surface area (Å²) >= 11 is 0. The highest BCUT2D eigenvalue weighted by molar-refractivity contribution is 6.07. The fourth-order valence-electron chi connectivity index (χ4n) is 3.94. The maximum absolute atomic E-state index is 13.1. The SMILES string of the molecule is CC1=NC(C)=C(C(=O)OCCCCC(F)(F)C(F)(F)F)C(c2cccc([N+](=O)[O-])c2)C1C(=O)OC(C)C. The smallest absolute Gasteiger partial charge is 0.453 e. The van der Waals surface area contributed by atoms with E-state index in [1.54, 1.807) is 20.8 Å². The lowest BCUT2D eigenvalue weighted by molar-refractivity contribution is -0.384. The normalized spacial score (nSPS) is 18.5. The zero-order valence-electron chi connectivity index (χ0n) is 20.6. The number of aliphatic imine (C=N–C) groups is 1. The Morgan fingerprint density at radius 1 is 1.14 bits per heavy atom. The first-order chi connectivity index (χ1) is 17.1. The molecule has 8 nitrogen and oxygen atoms in total. The van der Waals surface area contributed by atoms with Crippen LogP contribution in [0.5, 0.6) is 0 Å². The number of hydrogen-bond donors (Lipinski definition) is 0. The van der Waals surface area contributed by atoms with E-state index in [0.29, 0.717) is 5.71 Å². The number of non-ortho nitro benzene ring substituents is 1. The first-order valence-corrected chi connectivity index (χ1v) is 11.4. The maximum atomic E-state index is 13.1. The second-order valence-corrected chi connectivity index (χ2v) is 8.84. The fourth-order valence-corrected chi connectivity index (χ4v) is 3.94. The van der Waals surface area contributed by atoms with E-state index in [2.05, 4.69) is 4.99 Å². The van der Waals surface area contributed by atoms with Crippen LogP contribution in [0, 0.1) is 16.0 Å². The van der Waals surface area contributed by atoms with Crippen molar-refractivity contribution >= 4 is 23.3 Å². The number of rotatable bonds is 10. The predicted octanol–water partition coefficient (Wildman–Crippen LogP) is 5.91. The van der Waals surface area contributed by atoms with Gasteiger partial charge in [-0.25, -0.2) is 4.79 Å². The third-order valence-corrected chi connectivity index (χ3v) is 5.63. The molecule has 13 heteroatoms. The topological polar surface area (TPSA) is 108 Å². The molecule has 0 amide bonds. The lowest BCUT2D eigenvalue weighted by atomic mass is 9.75. The largest absolute Gasteiger partial charge is 0.462 e. The number of unbranched alkanes of at least 4 members (excludes halogenated alkanes) is 1. The third kappa shape index (κ3) is 7.32. The van der Waals surface area contributed by atoms with Gasteiger partial charge in [-0.3, -0.25) is 19.9 Å². The number of benzene rings is 1. The van der Waals surface area contributed by atoms with Crippen molar-refractivity contribution in [3.63, 3.8) is 0 Å². The minimum Gasteiger partial charge on any atom is -0.462 e. The van der Waals surface area contributed by atoms with E-state index >= 15 is 0 Å². The van der Waals surface area contributed by atoms with Crippen LogP contribution in [0.1, 0.15) is 58.4 Å². The van der Waals surface area contributed by atoms with Crippen LogP contribution in [0.2, 0.25) is 0 Å². The molecule has 1 heterocycles. The van der Waals surface area contributed by atoms with Crippen LogP contribution in [0.3, 0.4) is 0 Å². The zero-order valence-corrected chi connectivity index (χ0v) is 20.6. The number of carbonyl (C=O) groups excluding carboxylic acids is 2. The molecule has 0 bridgehead atoms. The Kier molecular flexibility index (Phi) is 9.50. The molecule has 1 aromatic carbocycles. The summed E-state index contributed by atoms with van der Waals surface area (Å²) in [4.78, 5) is 41.0. The number of nitro benzene ring substituents is 1. The van der Waals surface area contributed by atoms with Gasteiger partial charge in [0.1, 0.15) is 5.92 Å². The van der Waals surface area contributed by atoms with Gasteiger partial charge in [-0.2, -0.15) is 22.0 Å². The van der Waals surface area contributed by atoms with E-state index in [4.69, 9.17) is 9.47 Å². The lowest BCUT2D eigenvalue weighted by Gasteiger charge is -2.32. The van der Waals surface area contributed by atoms with E-state index in [9.17, 15) is 41.7 Å². The van der Waals surface area contributed by atoms with E-state index in [-0.39, 0.29) is 28.9 Å². The monoisotopic (exact) mass is 534 g/mol. The lowest BCUT2D eigenvalue weighted by Crippen LogP contribution is -2.37. The summed E-state index contributed by atoms with van der Waals surface area (Å²) in [6.45, 7) is 5.79. The quantitative estimate of drug-likeness (QED) is 0.122. The van der Waals surface area contributed by atoms with Gasteiger partial charge in [0.25, 0.3) is 5.69 Å². The van der Waals surface area contributed by atoms with Gasteiger partial charge in [0.2, 0.25) is 0 Å². The number of carbonyl (C=O) groups is 2. The minimum absolute atomic E-state index is 0.0996. The number of nitrogens with zero attached hydrogens (tertiary/aromatic N) is 2. The Balaban J connectivity index is 2.33. The second kappa shape index (κ2) is 11.8. The summed E-state index contributed by atoms with van der Waals surface area (Å²) in [5, 5.41) is 11.3. The number of allylic oxidation sites excluding steroid dienone is 1. The van der Waals surface area contributed by atoms with Crippen LogP contribution in [0.25, 0.3) is 0 Å². The average Bonchev–Trinajstić information content (AvgIpc) is 2.76. The van der Waals surface area contributed by atoms with Crippen molar-refractivity contribution < 1.29 is 45.9 Å². The van der Waals surface area contributed by atoms with Crippen LogP contribution >= 0.6 is 0 Å². The van der Waals surface area contributed by atoms with Crippen LogP contribution in [-0.2, 0) is 19.1 Å². The molecular formula is C24H27F5N2O6. The van der Waals surface area contributed by atoms with Crippen LogP contribution in [0.15, 0.2) is 40.5 Å². The van der Waals surface area contributed by atoms with Crippen molar-refractivity contribution in [2.75, 3.05) is 6.61 Å². The average molecular weight is 534 g/mol. The highest BCUT2D eigenvalue weighted by Gasteiger charge is 2.56. The van der Waals surface area contributed by atoms with Gasteiger partial charge >= 0.3 is 24.0 Å². The third-order valence-electron chi connectivity index (χ3n) is 5.63. The Labute approximate surface area is 209 Å². The van der Waals surface area contributed by atoms with Gasteiger partial charge in [0, 0.05) is 35.9 Å². The molecule has 0 aromatic heterocycles. The molecule has 0 aliphatic carbocycles. The first-order valence-electron chi connectivity index (χ1n) is 11.4. The molecule has 204 valence electrons. The molecule has 2 rings (SSSR count). The molecule has 1 aromatic rings. The molecule has 37 heavy (non-hydrogen) atoms. The van der Waals surface area contributed by atoms with Gasteiger partial charge < -0.3 is 9.47 Å². The Bertz CT molecular complexity index is 1100. The number of halogens is 5. The number of esters is 2. The Morgan fingerprint density at radius 2 is 1.78 bits per heavy atom. The summed E-state index contributed by atoms with van der Waals surface area (Å²) < 4.78 is 73.6. The summed E-state index contributed by atoms with van der Waals surface area (Å²) in [5.74, 6) is -8.76. The van der Waals surface area contributed by atoms with Crippen molar-refractivity contribution in [1.82, 2.24) is 0 Å². The van der Waals surface area contributed by atoms with Gasteiger partial charge in [0.15, 0.2) is 0 Å². The van der Waals surface area contributed by atoms with Crippen LogP contribution in [0.4, 0.5) is 27.6 Å². The predicted molar refractivity (Wildman–Crippen MR) is 122 cm³/mol. The molecule has 2 unspecified atom stereocenters. The molecule has 0 spiro atoms. The van der Waals surface area contributed by atoms with Crippen LogP contribution in [-0.4, -0.2) is 47.4 Å². The molecule has 1 aliphatic rings. The van der Waals surface area contributed by atoms with Crippen LogP contribution < -0.4 is 0 Å². The Hall–Kier alpha value is -3.38. The maximum Gasteiger partial charge on any atom is 0.453 e. The molecule has 0 radical (unpaired) electrons. The molecule has 2 atom stereocenters. The van der Waals surface area contributed by atoms with Gasteiger partial charge in [-0.1, -0.05) is 12.1 Å². The zero-order chi connectivity index (χ0) is 28.1. The van der Waals surface area contributed by atoms with Crippen molar-refractivity contribution in [1.29, 1.82) is 0 Å². The number of ether oxygens (including phenoxy) is 2. The highest BCUT2D eigenvalue weighted by atomic mass is 19.4. The minimum atomic E-state index is -5.67. The first kappa shape index (κ1) is 29.8. The Morgan fingerprint density at radius 3 is 2.35 bits per heavy atom. The van der Waals surface area contributed by atoms with Gasteiger partial charge in [-0.05, 0) is 46.1 Å². The molecule has 1 aliphatic heterocycles. The summed E-state index contributed by atoms with van der Waals surface area (Å²) in [7, 11) is 0. The van der Waals surface area contributed by atoms with Crippen molar-refractivity contribution in [2.45, 2.75) is 71.1 Å². The summed E-state index contributed by atoms with van der Waals surface area (Å²) in [5.41, 5.74) is 0.314. The van der Waals surface area contributed by atoms with Crippen molar-refractivity contribution in [3.8, 4) is 0 Å². The highest BCUT2D eigenvalue weighted by Crippen LogP contribution is 2.41. The van der Waals surface area contributed by atoms with Gasteiger partial charge in [0.05, 0.1) is 23.2 Å². The summed E-state index contributed by atoms with van der Waals surface area (Å²) in [6.07, 6.45) is -8.48. The molecular weight excluding hydrogens is 507 g/mol. The van der Waals surface area contributed by atoms with Gasteiger partial charge in [-0.15, -0.1) is 0 Å². The van der Waals surface area contributed by atoms with Crippen molar-refractivity contribution in [3.05, 3.63) is 51.2 Å². The number of nitro groups is 1. The van der Waals surface area contributed by atoms with E-state index in [1.165, 1.54) is 31.2 Å².